The third kappa shape index (κ3) is 1.49. The monoisotopic (exact) mass is 337 g/mol. The largest absolute Gasteiger partial charge is 0.465 e. The zero-order chi connectivity index (χ0) is 14.7. The van der Waals surface area contributed by atoms with Crippen molar-refractivity contribution >= 4 is 22.0 Å². The molecule has 1 aromatic carbocycles. The zero-order valence-electron chi connectivity index (χ0n) is 12.1. The molecule has 1 saturated carbocycles. The zero-order valence-corrected chi connectivity index (χ0v) is 13.6. The van der Waals surface area contributed by atoms with Crippen molar-refractivity contribution in [2.24, 2.45) is 5.92 Å². The number of benzene rings is 1. The second kappa shape index (κ2) is 4.23. The molecule has 1 aliphatic heterocycles. The molecule has 108 valence electrons. The van der Waals surface area contributed by atoms with Gasteiger partial charge < -0.3 is 5.11 Å². The van der Waals surface area contributed by atoms with Gasteiger partial charge in [0.15, 0.2) is 0 Å². The molecule has 4 unspecified atom stereocenters. The van der Waals surface area contributed by atoms with E-state index in [2.05, 4.69) is 61.0 Å². The summed E-state index contributed by atoms with van der Waals surface area (Å²) in [6.07, 6.45) is 1.16. The van der Waals surface area contributed by atoms with E-state index in [4.69, 9.17) is 0 Å². The average Bonchev–Trinajstić information content (AvgIpc) is 3.12. The highest BCUT2D eigenvalue weighted by Gasteiger charge is 2.75. The van der Waals surface area contributed by atoms with Crippen LogP contribution < -0.4 is 0 Å². The van der Waals surface area contributed by atoms with Gasteiger partial charge in [0, 0.05) is 15.9 Å². The predicted molar refractivity (Wildman–Crippen MR) is 81.9 cm³/mol. The highest BCUT2D eigenvalue weighted by molar-refractivity contribution is 9.10. The lowest BCUT2D eigenvalue weighted by atomic mass is 9.75. The fraction of sp³-hybridized carbons (Fsp3) is 0.562. The molecule has 0 radical (unpaired) electrons. The first kappa shape index (κ1) is 13.9. The number of carboxylic acid groups (broad SMARTS) is 1. The lowest BCUT2D eigenvalue weighted by Crippen LogP contribution is -2.54. The Hall–Kier alpha value is -1.03. The van der Waals surface area contributed by atoms with Gasteiger partial charge in [0.1, 0.15) is 0 Å². The first-order chi connectivity index (χ1) is 9.38. The summed E-state index contributed by atoms with van der Waals surface area (Å²) in [5, 5.41) is 9.61. The normalized spacial score (nSPS) is 38.7. The fourth-order valence-electron chi connectivity index (χ4n) is 4.60. The standard InChI is InChI=1S/C16H20BrNO2/c1-4-15(3)16(11-5-7-12(17)8-6-11)9-13(16)10(2)18(15)14(19)20/h5-8,10,13H,4,9H2,1-3H3,(H,19,20). The highest BCUT2D eigenvalue weighted by atomic mass is 79.9. The van der Waals surface area contributed by atoms with E-state index in [1.54, 1.807) is 4.90 Å². The number of hydrogen-bond donors (Lipinski definition) is 1. The molecule has 4 heteroatoms. The molecule has 1 aliphatic carbocycles. The fourth-order valence-corrected chi connectivity index (χ4v) is 4.86. The van der Waals surface area contributed by atoms with Crippen LogP contribution in [0.25, 0.3) is 0 Å². The van der Waals surface area contributed by atoms with Crippen LogP contribution >= 0.6 is 15.9 Å². The Balaban J connectivity index is 2.10. The van der Waals surface area contributed by atoms with E-state index in [9.17, 15) is 9.90 Å². The van der Waals surface area contributed by atoms with Crippen molar-refractivity contribution in [2.45, 2.75) is 50.6 Å². The first-order valence-corrected chi connectivity index (χ1v) is 7.96. The van der Waals surface area contributed by atoms with Gasteiger partial charge in [0.05, 0.1) is 5.54 Å². The quantitative estimate of drug-likeness (QED) is 0.875. The van der Waals surface area contributed by atoms with Gasteiger partial charge in [-0.2, -0.15) is 0 Å². The van der Waals surface area contributed by atoms with Crippen LogP contribution in [0.4, 0.5) is 4.79 Å². The second-order valence-electron chi connectivity index (χ2n) is 6.31. The summed E-state index contributed by atoms with van der Waals surface area (Å²) in [6.45, 7) is 6.27. The van der Waals surface area contributed by atoms with Gasteiger partial charge >= 0.3 is 6.09 Å². The van der Waals surface area contributed by atoms with Crippen LogP contribution in [-0.4, -0.2) is 27.7 Å². The number of halogens is 1. The minimum atomic E-state index is -0.787. The molecule has 1 amide bonds. The number of nitrogens with zero attached hydrogens (tertiary/aromatic N) is 1. The van der Waals surface area contributed by atoms with Gasteiger partial charge in [-0.15, -0.1) is 0 Å². The van der Waals surface area contributed by atoms with Crippen molar-refractivity contribution < 1.29 is 9.90 Å². The molecule has 2 aliphatic rings. The van der Waals surface area contributed by atoms with Gasteiger partial charge in [-0.05, 0) is 50.3 Å². The Morgan fingerprint density at radius 1 is 1.45 bits per heavy atom. The van der Waals surface area contributed by atoms with Crippen LogP contribution in [0.2, 0.25) is 0 Å². The van der Waals surface area contributed by atoms with E-state index in [1.807, 2.05) is 0 Å². The number of piperidine rings is 1. The van der Waals surface area contributed by atoms with E-state index in [1.165, 1.54) is 5.56 Å². The van der Waals surface area contributed by atoms with E-state index in [0.29, 0.717) is 5.92 Å². The number of amides is 1. The molecule has 1 aromatic rings. The average molecular weight is 338 g/mol. The van der Waals surface area contributed by atoms with Crippen LogP contribution in [0, 0.1) is 5.92 Å². The summed E-state index contributed by atoms with van der Waals surface area (Å²) in [5.74, 6) is 0.449. The summed E-state index contributed by atoms with van der Waals surface area (Å²) in [7, 11) is 0. The van der Waals surface area contributed by atoms with Crippen LogP contribution in [0.1, 0.15) is 39.2 Å². The Labute approximate surface area is 128 Å². The Morgan fingerprint density at radius 3 is 2.55 bits per heavy atom. The third-order valence-electron chi connectivity index (χ3n) is 5.75. The molecular formula is C16H20BrNO2. The lowest BCUT2D eigenvalue weighted by Gasteiger charge is -2.42. The van der Waals surface area contributed by atoms with Crippen molar-refractivity contribution in [2.75, 3.05) is 0 Å². The summed E-state index contributed by atoms with van der Waals surface area (Å²) in [4.78, 5) is 13.4. The van der Waals surface area contributed by atoms with E-state index in [0.717, 1.165) is 17.3 Å². The molecule has 20 heavy (non-hydrogen) atoms. The minimum absolute atomic E-state index is 0.000255. The van der Waals surface area contributed by atoms with Crippen molar-refractivity contribution in [3.05, 3.63) is 34.3 Å². The van der Waals surface area contributed by atoms with Crippen molar-refractivity contribution in [3.63, 3.8) is 0 Å². The van der Waals surface area contributed by atoms with Gasteiger partial charge in [-0.1, -0.05) is 35.0 Å². The smallest absolute Gasteiger partial charge is 0.408 e. The lowest BCUT2D eigenvalue weighted by molar-refractivity contribution is 0.0650. The summed E-state index contributed by atoms with van der Waals surface area (Å²) < 4.78 is 1.06. The number of hydrogen-bond acceptors (Lipinski definition) is 1. The molecule has 1 N–H and O–H groups in total. The van der Waals surface area contributed by atoms with E-state index >= 15 is 0 Å². The molecule has 0 spiro atoms. The maximum Gasteiger partial charge on any atom is 0.408 e. The minimum Gasteiger partial charge on any atom is -0.465 e. The van der Waals surface area contributed by atoms with Crippen LogP contribution in [-0.2, 0) is 5.41 Å². The van der Waals surface area contributed by atoms with Gasteiger partial charge in [-0.3, -0.25) is 4.90 Å². The van der Waals surface area contributed by atoms with Crippen molar-refractivity contribution in [3.8, 4) is 0 Å². The highest BCUT2D eigenvalue weighted by Crippen LogP contribution is 2.70. The first-order valence-electron chi connectivity index (χ1n) is 7.17. The van der Waals surface area contributed by atoms with Crippen LogP contribution in [0.15, 0.2) is 28.7 Å². The molecular weight excluding hydrogens is 318 g/mol. The summed E-state index contributed by atoms with van der Waals surface area (Å²) >= 11 is 3.47. The molecule has 1 saturated heterocycles. The second-order valence-corrected chi connectivity index (χ2v) is 7.23. The van der Waals surface area contributed by atoms with Crippen LogP contribution in [0.5, 0.6) is 0 Å². The number of likely N-dealkylation sites (tertiary alicyclic amines) is 1. The Bertz CT molecular complexity index is 558. The maximum absolute atomic E-state index is 11.7. The molecule has 1 heterocycles. The van der Waals surface area contributed by atoms with E-state index < -0.39 is 6.09 Å². The van der Waals surface area contributed by atoms with Crippen molar-refractivity contribution in [1.29, 1.82) is 0 Å². The molecule has 4 atom stereocenters. The van der Waals surface area contributed by atoms with E-state index in [-0.39, 0.29) is 17.0 Å². The number of rotatable bonds is 2. The SMILES string of the molecule is CCC1(C)N(C(=O)O)C(C)C2CC21c1ccc(Br)cc1. The Kier molecular flexibility index (Phi) is 2.95. The predicted octanol–water partition coefficient (Wildman–Crippen LogP) is 4.26. The number of fused-ring (bicyclic) bond motifs is 1. The topological polar surface area (TPSA) is 40.5 Å². The molecule has 2 fully saturated rings. The Morgan fingerprint density at radius 2 is 2.05 bits per heavy atom. The van der Waals surface area contributed by atoms with Gasteiger partial charge in [-0.25, -0.2) is 4.79 Å². The van der Waals surface area contributed by atoms with Crippen molar-refractivity contribution in [1.82, 2.24) is 4.90 Å². The van der Waals surface area contributed by atoms with Gasteiger partial charge in [0.2, 0.25) is 0 Å². The van der Waals surface area contributed by atoms with Gasteiger partial charge in [0.25, 0.3) is 0 Å². The van der Waals surface area contributed by atoms with Crippen LogP contribution in [0.3, 0.4) is 0 Å². The molecule has 3 rings (SSSR count). The third-order valence-corrected chi connectivity index (χ3v) is 6.28. The molecule has 0 bridgehead atoms. The summed E-state index contributed by atoms with van der Waals surface area (Å²) in [6, 6.07) is 8.51. The molecule has 3 nitrogen and oxygen atoms in total. The molecule has 0 aromatic heterocycles. The maximum atomic E-state index is 11.7. The number of carbonyl (C=O) groups is 1. The summed E-state index contributed by atoms with van der Waals surface area (Å²) in [5.41, 5.74) is 0.974.